The number of aryl methyl sites for hydroxylation is 1. The van der Waals surface area contributed by atoms with Gasteiger partial charge in [0.2, 0.25) is 0 Å². The summed E-state index contributed by atoms with van der Waals surface area (Å²) in [5, 5.41) is 17.8. The first-order valence-electron chi connectivity index (χ1n) is 9.41. The van der Waals surface area contributed by atoms with Crippen LogP contribution in [0, 0.1) is 6.92 Å². The minimum atomic E-state index is -0.634. The van der Waals surface area contributed by atoms with E-state index in [2.05, 4.69) is 67.6 Å². The van der Waals surface area contributed by atoms with Gasteiger partial charge in [-0.2, -0.15) is 11.8 Å². The van der Waals surface area contributed by atoms with E-state index in [1.807, 2.05) is 11.8 Å². The summed E-state index contributed by atoms with van der Waals surface area (Å²) in [6.45, 7) is 10.7. The topological polar surface area (TPSA) is 56.7 Å². The van der Waals surface area contributed by atoms with E-state index < -0.39 is 5.60 Å². The minimum Gasteiger partial charge on any atom is -0.387 e. The zero-order valence-electron chi connectivity index (χ0n) is 16.4. The Bertz CT molecular complexity index is 584. The van der Waals surface area contributed by atoms with Crippen LogP contribution in [-0.2, 0) is 0 Å². The number of hydrogen-bond donors (Lipinski definition) is 3. The zero-order chi connectivity index (χ0) is 18.3. The Morgan fingerprint density at radius 1 is 1.38 bits per heavy atom. The average Bonchev–Trinajstić information content (AvgIpc) is 2.60. The van der Waals surface area contributed by atoms with Crippen LogP contribution in [0.3, 0.4) is 0 Å². The molecule has 0 spiro atoms. The van der Waals surface area contributed by atoms with E-state index in [0.717, 1.165) is 37.6 Å². The molecular weight excluding hydrogens is 457 g/mol. The normalized spacial score (nSPS) is 23.6. The second-order valence-electron chi connectivity index (χ2n) is 6.98. The van der Waals surface area contributed by atoms with Gasteiger partial charge < -0.3 is 15.7 Å². The largest absolute Gasteiger partial charge is 0.387 e. The molecule has 0 amide bonds. The SMILES string of the molecule is CCNC(=NCC1(O)CCC1SCC)NCC(C)c1cccc(C)c1.I. The lowest BCUT2D eigenvalue weighted by atomic mass is 9.79. The number of guanidine groups is 1. The molecule has 1 aromatic rings. The molecule has 0 aromatic heterocycles. The Balaban J connectivity index is 0.00000338. The molecule has 3 atom stereocenters. The number of rotatable bonds is 8. The molecule has 26 heavy (non-hydrogen) atoms. The maximum atomic E-state index is 10.7. The van der Waals surface area contributed by atoms with Crippen molar-refractivity contribution in [1.29, 1.82) is 0 Å². The molecule has 1 saturated carbocycles. The van der Waals surface area contributed by atoms with Gasteiger partial charge in [-0.25, -0.2) is 0 Å². The molecule has 148 valence electrons. The van der Waals surface area contributed by atoms with Crippen LogP contribution in [-0.4, -0.2) is 47.3 Å². The van der Waals surface area contributed by atoms with E-state index in [1.165, 1.54) is 11.1 Å². The van der Waals surface area contributed by atoms with Crippen molar-refractivity contribution in [2.45, 2.75) is 57.3 Å². The van der Waals surface area contributed by atoms with Gasteiger partial charge in [0, 0.05) is 18.3 Å². The zero-order valence-corrected chi connectivity index (χ0v) is 19.6. The van der Waals surface area contributed by atoms with Gasteiger partial charge in [0.15, 0.2) is 5.96 Å². The standard InChI is InChI=1S/C20H33N3OS.HI/c1-5-21-19(23-14-20(24)11-10-18(20)25-6-2)22-13-16(4)17-9-7-8-15(3)12-17;/h7-9,12,16,18,24H,5-6,10-11,13-14H2,1-4H3,(H2,21,22,23);1H. The molecule has 3 unspecified atom stereocenters. The van der Waals surface area contributed by atoms with E-state index in [9.17, 15) is 5.11 Å². The van der Waals surface area contributed by atoms with Gasteiger partial charge in [0.05, 0.1) is 12.1 Å². The van der Waals surface area contributed by atoms with Crippen LogP contribution >= 0.6 is 35.7 Å². The molecule has 4 nitrogen and oxygen atoms in total. The number of thioether (sulfide) groups is 1. The second kappa shape index (κ2) is 11.4. The number of aliphatic hydroxyl groups is 1. The van der Waals surface area contributed by atoms with Gasteiger partial charge in [0.1, 0.15) is 0 Å². The van der Waals surface area contributed by atoms with Gasteiger partial charge >= 0.3 is 0 Å². The summed E-state index contributed by atoms with van der Waals surface area (Å²) < 4.78 is 0. The summed E-state index contributed by atoms with van der Waals surface area (Å²) in [7, 11) is 0. The molecule has 6 heteroatoms. The van der Waals surface area contributed by atoms with Gasteiger partial charge in [-0.05, 0) is 43.9 Å². The van der Waals surface area contributed by atoms with Gasteiger partial charge in [-0.15, -0.1) is 24.0 Å². The van der Waals surface area contributed by atoms with Crippen molar-refractivity contribution >= 4 is 41.7 Å². The van der Waals surface area contributed by atoms with E-state index in [1.54, 1.807) is 0 Å². The first-order valence-corrected chi connectivity index (χ1v) is 10.5. The lowest BCUT2D eigenvalue weighted by molar-refractivity contribution is -0.0154. The van der Waals surface area contributed by atoms with Crippen molar-refractivity contribution in [3.05, 3.63) is 35.4 Å². The summed E-state index contributed by atoms with van der Waals surface area (Å²) in [4.78, 5) is 4.65. The fraction of sp³-hybridized carbons (Fsp3) is 0.650. The van der Waals surface area contributed by atoms with E-state index in [0.29, 0.717) is 17.7 Å². The van der Waals surface area contributed by atoms with Crippen LogP contribution in [0.15, 0.2) is 29.3 Å². The molecule has 1 aromatic carbocycles. The fourth-order valence-electron chi connectivity index (χ4n) is 3.12. The lowest BCUT2D eigenvalue weighted by Gasteiger charge is -2.44. The fourth-order valence-corrected chi connectivity index (χ4v) is 4.31. The lowest BCUT2D eigenvalue weighted by Crippen LogP contribution is -2.53. The molecule has 0 aliphatic heterocycles. The molecule has 2 rings (SSSR count). The van der Waals surface area contributed by atoms with Crippen LogP contribution in [0.5, 0.6) is 0 Å². The van der Waals surface area contributed by atoms with Crippen LogP contribution in [0.4, 0.5) is 0 Å². The van der Waals surface area contributed by atoms with Crippen molar-refractivity contribution in [1.82, 2.24) is 10.6 Å². The summed E-state index contributed by atoms with van der Waals surface area (Å²) in [6, 6.07) is 8.64. The summed E-state index contributed by atoms with van der Waals surface area (Å²) in [5.41, 5.74) is 1.99. The first kappa shape index (κ1) is 23.6. The highest BCUT2D eigenvalue weighted by molar-refractivity contribution is 14.0. The predicted octanol–water partition coefficient (Wildman–Crippen LogP) is 3.92. The molecule has 0 heterocycles. The predicted molar refractivity (Wildman–Crippen MR) is 125 cm³/mol. The number of nitrogens with zero attached hydrogens (tertiary/aromatic N) is 1. The van der Waals surface area contributed by atoms with Crippen molar-refractivity contribution in [3.63, 3.8) is 0 Å². The molecule has 1 fully saturated rings. The highest BCUT2D eigenvalue weighted by atomic mass is 127. The van der Waals surface area contributed by atoms with Crippen LogP contribution in [0.1, 0.15) is 50.7 Å². The first-order chi connectivity index (χ1) is 12.0. The monoisotopic (exact) mass is 491 g/mol. The molecule has 0 saturated heterocycles. The molecule has 0 radical (unpaired) electrons. The molecular formula is C20H34IN3OS. The van der Waals surface area contributed by atoms with Gasteiger partial charge in [-0.1, -0.05) is 43.7 Å². The highest BCUT2D eigenvalue weighted by Crippen LogP contribution is 2.41. The number of aliphatic imine (C=N–C) groups is 1. The quantitative estimate of drug-likeness (QED) is 0.293. The Morgan fingerprint density at radius 3 is 2.73 bits per heavy atom. The smallest absolute Gasteiger partial charge is 0.191 e. The third-order valence-electron chi connectivity index (χ3n) is 4.85. The van der Waals surface area contributed by atoms with Crippen molar-refractivity contribution < 1.29 is 5.11 Å². The number of hydrogen-bond acceptors (Lipinski definition) is 3. The maximum Gasteiger partial charge on any atom is 0.191 e. The summed E-state index contributed by atoms with van der Waals surface area (Å²) >= 11 is 1.85. The van der Waals surface area contributed by atoms with Crippen LogP contribution in [0.25, 0.3) is 0 Å². The number of nitrogens with one attached hydrogen (secondary N) is 2. The second-order valence-corrected chi connectivity index (χ2v) is 8.46. The van der Waals surface area contributed by atoms with Crippen molar-refractivity contribution in [2.75, 3.05) is 25.4 Å². The van der Waals surface area contributed by atoms with Crippen LogP contribution in [0.2, 0.25) is 0 Å². The van der Waals surface area contributed by atoms with Crippen LogP contribution < -0.4 is 10.6 Å². The number of benzene rings is 1. The third kappa shape index (κ3) is 6.60. The van der Waals surface area contributed by atoms with Crippen molar-refractivity contribution in [2.24, 2.45) is 4.99 Å². The molecule has 0 bridgehead atoms. The average molecular weight is 491 g/mol. The Labute approximate surface area is 180 Å². The Morgan fingerprint density at radius 2 is 2.15 bits per heavy atom. The molecule has 3 N–H and O–H groups in total. The number of halogens is 1. The van der Waals surface area contributed by atoms with Gasteiger partial charge in [0.25, 0.3) is 0 Å². The Hall–Kier alpha value is -0.470. The third-order valence-corrected chi connectivity index (χ3v) is 6.26. The summed E-state index contributed by atoms with van der Waals surface area (Å²) in [5.74, 6) is 2.24. The molecule has 1 aliphatic carbocycles. The maximum absolute atomic E-state index is 10.7. The van der Waals surface area contributed by atoms with Crippen molar-refractivity contribution in [3.8, 4) is 0 Å². The summed E-state index contributed by atoms with van der Waals surface area (Å²) in [6.07, 6.45) is 1.95. The highest BCUT2D eigenvalue weighted by Gasteiger charge is 2.45. The van der Waals surface area contributed by atoms with E-state index >= 15 is 0 Å². The van der Waals surface area contributed by atoms with E-state index in [-0.39, 0.29) is 24.0 Å². The van der Waals surface area contributed by atoms with Gasteiger partial charge in [-0.3, -0.25) is 4.99 Å². The minimum absolute atomic E-state index is 0. The van der Waals surface area contributed by atoms with E-state index in [4.69, 9.17) is 0 Å². The Kier molecular flexibility index (Phi) is 10.3. The molecule has 1 aliphatic rings.